The van der Waals surface area contributed by atoms with Gasteiger partial charge in [-0.2, -0.15) is 0 Å². The molecular weight excluding hydrogens is 334 g/mol. The minimum atomic E-state index is -0.496. The fourth-order valence-corrected chi connectivity index (χ4v) is 1.97. The van der Waals surface area contributed by atoms with Crippen molar-refractivity contribution in [2.24, 2.45) is 0 Å². The van der Waals surface area contributed by atoms with Crippen LogP contribution in [0.25, 0.3) is 0 Å². The van der Waals surface area contributed by atoms with Crippen molar-refractivity contribution in [3.05, 3.63) is 33.9 Å². The molecule has 1 aromatic carbocycles. The summed E-state index contributed by atoms with van der Waals surface area (Å²) in [5.41, 5.74) is 0.860. The lowest BCUT2D eigenvalue weighted by Gasteiger charge is -2.10. The van der Waals surface area contributed by atoms with Gasteiger partial charge in [-0.1, -0.05) is 13.0 Å². The number of nitrogens with one attached hydrogen (secondary N) is 2. The van der Waals surface area contributed by atoms with Gasteiger partial charge in [0.25, 0.3) is 5.69 Å². The van der Waals surface area contributed by atoms with E-state index in [4.69, 9.17) is 17.0 Å². The minimum Gasteiger partial charge on any atom is -0.466 e. The Hall–Kier alpha value is -2.55. The zero-order valence-electron chi connectivity index (χ0n) is 13.5. The lowest BCUT2D eigenvalue weighted by Crippen LogP contribution is -2.34. The maximum Gasteiger partial charge on any atom is 0.306 e. The molecule has 130 valence electrons. The van der Waals surface area contributed by atoms with Gasteiger partial charge in [-0.15, -0.1) is 0 Å². The van der Waals surface area contributed by atoms with Crippen LogP contribution in [0.4, 0.5) is 11.4 Å². The third-order valence-electron chi connectivity index (χ3n) is 2.94. The lowest BCUT2D eigenvalue weighted by atomic mass is 10.2. The molecule has 0 saturated carbocycles. The molecule has 0 radical (unpaired) electrons. The number of hydrogen-bond acceptors (Lipinski definition) is 6. The van der Waals surface area contributed by atoms with Crippen molar-refractivity contribution in [1.82, 2.24) is 5.32 Å². The maximum atomic E-state index is 11.7. The zero-order chi connectivity index (χ0) is 18.1. The van der Waals surface area contributed by atoms with E-state index in [1.54, 1.807) is 19.1 Å². The number of nitro groups is 1. The van der Waals surface area contributed by atoms with Gasteiger partial charge in [0.15, 0.2) is 5.11 Å². The second-order valence-corrected chi connectivity index (χ2v) is 5.39. The van der Waals surface area contributed by atoms with Crippen LogP contribution < -0.4 is 10.6 Å². The van der Waals surface area contributed by atoms with E-state index >= 15 is 0 Å². The number of hydrogen-bond donors (Lipinski definition) is 2. The number of thiocarbonyl (C=S) groups is 1. The molecule has 9 heteroatoms. The number of esters is 1. The third kappa shape index (κ3) is 6.69. The van der Waals surface area contributed by atoms with Crippen molar-refractivity contribution >= 4 is 40.6 Å². The molecule has 0 aliphatic rings. The van der Waals surface area contributed by atoms with E-state index in [2.05, 4.69) is 10.6 Å². The Morgan fingerprint density at radius 3 is 2.67 bits per heavy atom. The van der Waals surface area contributed by atoms with Crippen molar-refractivity contribution in [1.29, 1.82) is 0 Å². The Bertz CT molecular complexity index is 648. The summed E-state index contributed by atoms with van der Waals surface area (Å²) in [5.74, 6) is -0.886. The van der Waals surface area contributed by atoms with Crippen molar-refractivity contribution in [2.45, 2.75) is 33.1 Å². The van der Waals surface area contributed by atoms with Crippen molar-refractivity contribution in [2.75, 3.05) is 11.9 Å². The highest BCUT2D eigenvalue weighted by molar-refractivity contribution is 7.80. The molecule has 0 bridgehead atoms. The van der Waals surface area contributed by atoms with Gasteiger partial charge in [0, 0.05) is 23.7 Å². The van der Waals surface area contributed by atoms with E-state index < -0.39 is 16.8 Å². The van der Waals surface area contributed by atoms with Gasteiger partial charge in [-0.3, -0.25) is 19.7 Å². The van der Waals surface area contributed by atoms with Crippen LogP contribution in [0.3, 0.4) is 0 Å². The molecular formula is C15H19N3O5S. The first kappa shape index (κ1) is 19.5. The van der Waals surface area contributed by atoms with Gasteiger partial charge in [-0.05, 0) is 31.6 Å². The molecule has 0 aromatic heterocycles. The van der Waals surface area contributed by atoms with Crippen LogP contribution in [-0.2, 0) is 14.3 Å². The molecule has 0 saturated heterocycles. The second kappa shape index (κ2) is 9.56. The molecule has 0 unspecified atom stereocenters. The summed E-state index contributed by atoms with van der Waals surface area (Å²) in [7, 11) is 0. The summed E-state index contributed by atoms with van der Waals surface area (Å²) in [6.45, 7) is 3.83. The molecule has 0 heterocycles. The Balaban J connectivity index is 2.48. The molecule has 1 rings (SSSR count). The Kier molecular flexibility index (Phi) is 7.76. The van der Waals surface area contributed by atoms with Gasteiger partial charge < -0.3 is 15.4 Å². The Morgan fingerprint density at radius 1 is 1.33 bits per heavy atom. The zero-order valence-corrected chi connectivity index (χ0v) is 14.3. The van der Waals surface area contributed by atoms with Crippen LogP contribution in [0.5, 0.6) is 0 Å². The average Bonchev–Trinajstić information content (AvgIpc) is 2.52. The lowest BCUT2D eigenvalue weighted by molar-refractivity contribution is -0.385. The molecule has 24 heavy (non-hydrogen) atoms. The standard InChI is InChI=1S/C15H19N3O5S/c1-3-8-23-14(20)7-6-13(19)17-15(24)16-11-5-4-10(2)12(9-11)18(21)22/h4-5,9H,3,6-8H2,1-2H3,(H2,16,17,19,24). The van der Waals surface area contributed by atoms with E-state index in [0.717, 1.165) is 0 Å². The van der Waals surface area contributed by atoms with E-state index in [1.165, 1.54) is 6.07 Å². The van der Waals surface area contributed by atoms with Crippen LogP contribution >= 0.6 is 12.2 Å². The number of amides is 1. The number of carbonyl (C=O) groups excluding carboxylic acids is 2. The molecule has 2 N–H and O–H groups in total. The molecule has 0 spiro atoms. The fourth-order valence-electron chi connectivity index (χ4n) is 1.74. The molecule has 0 atom stereocenters. The fraction of sp³-hybridized carbons (Fsp3) is 0.400. The van der Waals surface area contributed by atoms with Crippen molar-refractivity contribution in [3.63, 3.8) is 0 Å². The van der Waals surface area contributed by atoms with Crippen LogP contribution in [0.2, 0.25) is 0 Å². The first-order valence-corrected chi connectivity index (χ1v) is 7.75. The van der Waals surface area contributed by atoms with Gasteiger partial charge in [0.2, 0.25) is 5.91 Å². The summed E-state index contributed by atoms with van der Waals surface area (Å²) in [6, 6.07) is 4.52. The molecule has 1 aromatic rings. The molecule has 1 amide bonds. The van der Waals surface area contributed by atoms with E-state index in [-0.39, 0.29) is 23.6 Å². The van der Waals surface area contributed by atoms with E-state index in [0.29, 0.717) is 24.3 Å². The maximum absolute atomic E-state index is 11.7. The van der Waals surface area contributed by atoms with Crippen LogP contribution in [0, 0.1) is 17.0 Å². The van der Waals surface area contributed by atoms with Crippen LogP contribution in [0.15, 0.2) is 18.2 Å². The number of ether oxygens (including phenoxy) is 1. The third-order valence-corrected chi connectivity index (χ3v) is 3.14. The van der Waals surface area contributed by atoms with Crippen LogP contribution in [-0.4, -0.2) is 28.5 Å². The molecule has 0 fully saturated rings. The first-order chi connectivity index (χ1) is 11.3. The van der Waals surface area contributed by atoms with E-state index in [9.17, 15) is 19.7 Å². The van der Waals surface area contributed by atoms with Gasteiger partial charge in [0.1, 0.15) is 0 Å². The average molecular weight is 353 g/mol. The monoisotopic (exact) mass is 353 g/mol. The number of carbonyl (C=O) groups is 2. The summed E-state index contributed by atoms with van der Waals surface area (Å²) in [5, 5.41) is 16.0. The SMILES string of the molecule is CCCOC(=O)CCC(=O)NC(=S)Nc1ccc(C)c([N+](=O)[O-])c1. The predicted molar refractivity (Wildman–Crippen MR) is 92.7 cm³/mol. The predicted octanol–water partition coefficient (Wildman–Crippen LogP) is 2.45. The van der Waals surface area contributed by atoms with Gasteiger partial charge >= 0.3 is 5.97 Å². The normalized spacial score (nSPS) is 9.92. The second-order valence-electron chi connectivity index (χ2n) is 4.98. The minimum absolute atomic E-state index is 0.0000709. The Labute approximate surface area is 144 Å². The number of benzene rings is 1. The summed E-state index contributed by atoms with van der Waals surface area (Å²) < 4.78 is 4.86. The topological polar surface area (TPSA) is 111 Å². The van der Waals surface area contributed by atoms with Crippen molar-refractivity contribution < 1.29 is 19.2 Å². The molecule has 0 aliphatic carbocycles. The highest BCUT2D eigenvalue weighted by Gasteiger charge is 2.13. The largest absolute Gasteiger partial charge is 0.466 e. The summed E-state index contributed by atoms with van der Waals surface area (Å²) in [6.07, 6.45) is 0.623. The highest BCUT2D eigenvalue weighted by Crippen LogP contribution is 2.22. The van der Waals surface area contributed by atoms with E-state index in [1.807, 2.05) is 6.92 Å². The number of rotatable bonds is 7. The number of nitrogens with zero attached hydrogens (tertiary/aromatic N) is 1. The van der Waals surface area contributed by atoms with Gasteiger partial charge in [-0.25, -0.2) is 0 Å². The highest BCUT2D eigenvalue weighted by atomic mass is 32.1. The molecule has 8 nitrogen and oxygen atoms in total. The number of aryl methyl sites for hydroxylation is 1. The number of nitro benzene ring substituents is 1. The quantitative estimate of drug-likeness (QED) is 0.335. The van der Waals surface area contributed by atoms with Gasteiger partial charge in [0.05, 0.1) is 18.0 Å². The van der Waals surface area contributed by atoms with Crippen LogP contribution in [0.1, 0.15) is 31.7 Å². The smallest absolute Gasteiger partial charge is 0.306 e. The van der Waals surface area contributed by atoms with Crippen molar-refractivity contribution in [3.8, 4) is 0 Å². The number of anilines is 1. The first-order valence-electron chi connectivity index (χ1n) is 7.35. The summed E-state index contributed by atoms with van der Waals surface area (Å²) in [4.78, 5) is 33.4. The Morgan fingerprint density at radius 2 is 2.04 bits per heavy atom. The summed E-state index contributed by atoms with van der Waals surface area (Å²) >= 11 is 4.97. The molecule has 0 aliphatic heterocycles.